The van der Waals surface area contributed by atoms with Gasteiger partial charge in [-0.15, -0.1) is 0 Å². The van der Waals surface area contributed by atoms with Crippen LogP contribution in [0, 0.1) is 5.92 Å². The first-order valence-electron chi connectivity index (χ1n) is 5.20. The second kappa shape index (κ2) is 4.93. The Hall–Kier alpha value is -0.270. The van der Waals surface area contributed by atoms with Crippen molar-refractivity contribution in [1.29, 1.82) is 0 Å². The van der Waals surface area contributed by atoms with Crippen LogP contribution >= 0.6 is 0 Å². The maximum absolute atomic E-state index is 13.4. The van der Waals surface area contributed by atoms with E-state index in [0.717, 1.165) is 0 Å². The third-order valence-corrected chi connectivity index (χ3v) is 3.96. The van der Waals surface area contributed by atoms with E-state index in [1.54, 1.807) is 11.9 Å². The van der Waals surface area contributed by atoms with Gasteiger partial charge >= 0.3 is 0 Å². The van der Waals surface area contributed by atoms with Crippen LogP contribution in [0.15, 0.2) is 0 Å². The summed E-state index contributed by atoms with van der Waals surface area (Å²) in [5.74, 6) is -4.08. The second-order valence-corrected chi connectivity index (χ2v) is 6.03. The molecule has 0 aromatic carbocycles. The fourth-order valence-corrected chi connectivity index (χ4v) is 2.13. The molecule has 1 fully saturated rings. The Morgan fingerprint density at radius 2 is 2.12 bits per heavy atom. The molecule has 0 N–H and O–H groups in total. The molecule has 1 atom stereocenters. The van der Waals surface area contributed by atoms with E-state index in [1.807, 2.05) is 0 Å². The molecule has 0 bridgehead atoms. The Morgan fingerprint density at radius 1 is 1.50 bits per heavy atom. The molecular weight excluding hydrogens is 240 g/mol. The minimum atomic E-state index is -3.64. The molecule has 1 saturated heterocycles. The van der Waals surface area contributed by atoms with E-state index in [0.29, 0.717) is 6.54 Å². The lowest BCUT2D eigenvalue weighted by Crippen LogP contribution is -2.47. The monoisotopic (exact) mass is 257 g/mol. The predicted molar refractivity (Wildman–Crippen MR) is 56.0 cm³/mol. The maximum atomic E-state index is 13.4. The lowest BCUT2D eigenvalue weighted by molar-refractivity contribution is -0.112. The molecule has 0 aliphatic carbocycles. The SMILES string of the molecule is CCS(=O)(=O)OCC1CN(C)CCC1(F)F. The van der Waals surface area contributed by atoms with Crippen LogP contribution in [0.4, 0.5) is 8.78 Å². The summed E-state index contributed by atoms with van der Waals surface area (Å²) in [6.45, 7) is 1.46. The van der Waals surface area contributed by atoms with E-state index in [9.17, 15) is 17.2 Å². The number of alkyl halides is 2. The standard InChI is InChI=1S/C9H17F2NO3S/c1-3-16(13,14)15-7-8-6-12(2)5-4-9(8,10)11/h8H,3-7H2,1-2H3. The number of rotatable bonds is 4. The zero-order valence-electron chi connectivity index (χ0n) is 9.45. The molecule has 0 amide bonds. The molecule has 1 aliphatic rings. The number of nitrogens with zero attached hydrogens (tertiary/aromatic N) is 1. The van der Waals surface area contributed by atoms with Gasteiger partial charge in [0.15, 0.2) is 0 Å². The van der Waals surface area contributed by atoms with Crippen LogP contribution < -0.4 is 0 Å². The van der Waals surface area contributed by atoms with Gasteiger partial charge in [-0.3, -0.25) is 4.18 Å². The van der Waals surface area contributed by atoms with E-state index < -0.39 is 28.6 Å². The summed E-state index contributed by atoms with van der Waals surface area (Å²) in [5, 5.41) is 0. The average molecular weight is 257 g/mol. The quantitative estimate of drug-likeness (QED) is 0.703. The van der Waals surface area contributed by atoms with Gasteiger partial charge in [0.1, 0.15) is 0 Å². The van der Waals surface area contributed by atoms with Crippen LogP contribution in [0.3, 0.4) is 0 Å². The van der Waals surface area contributed by atoms with Crippen molar-refractivity contribution < 1.29 is 21.4 Å². The summed E-state index contributed by atoms with van der Waals surface area (Å²) < 4.78 is 53.5. The van der Waals surface area contributed by atoms with E-state index in [2.05, 4.69) is 4.18 Å². The van der Waals surface area contributed by atoms with Crippen molar-refractivity contribution in [3.8, 4) is 0 Å². The lowest BCUT2D eigenvalue weighted by Gasteiger charge is -2.36. The van der Waals surface area contributed by atoms with Gasteiger partial charge in [-0.2, -0.15) is 8.42 Å². The Balaban J connectivity index is 2.57. The van der Waals surface area contributed by atoms with Crippen LogP contribution in [0.2, 0.25) is 0 Å². The summed E-state index contributed by atoms with van der Waals surface area (Å²) in [5.41, 5.74) is 0. The number of likely N-dealkylation sites (tertiary alicyclic amines) is 1. The molecule has 0 aromatic rings. The number of halogens is 2. The van der Waals surface area contributed by atoms with Gasteiger partial charge < -0.3 is 4.90 Å². The summed E-state index contributed by atoms with van der Waals surface area (Å²) in [6.07, 6.45) is -0.246. The molecule has 1 heterocycles. The molecular formula is C9H17F2NO3S. The summed E-state index contributed by atoms with van der Waals surface area (Å²) in [7, 11) is -1.91. The van der Waals surface area contributed by atoms with Crippen molar-refractivity contribution in [3.05, 3.63) is 0 Å². The number of hydrogen-bond donors (Lipinski definition) is 0. The van der Waals surface area contributed by atoms with Crippen molar-refractivity contribution >= 4 is 10.1 Å². The molecule has 0 spiro atoms. The second-order valence-electron chi connectivity index (χ2n) is 4.10. The first-order chi connectivity index (χ1) is 7.27. The van der Waals surface area contributed by atoms with Crippen molar-refractivity contribution in [2.45, 2.75) is 19.3 Å². The highest BCUT2D eigenvalue weighted by atomic mass is 32.2. The molecule has 16 heavy (non-hydrogen) atoms. The lowest BCUT2D eigenvalue weighted by atomic mass is 9.95. The zero-order valence-corrected chi connectivity index (χ0v) is 10.3. The maximum Gasteiger partial charge on any atom is 0.267 e. The van der Waals surface area contributed by atoms with Gasteiger partial charge in [-0.1, -0.05) is 0 Å². The zero-order chi connectivity index (χ0) is 12.4. The minimum absolute atomic E-state index is 0.159. The molecule has 96 valence electrons. The predicted octanol–water partition coefficient (Wildman–Crippen LogP) is 0.940. The van der Waals surface area contributed by atoms with Crippen molar-refractivity contribution in [1.82, 2.24) is 4.90 Å². The Morgan fingerprint density at radius 3 is 2.69 bits per heavy atom. The fourth-order valence-electron chi connectivity index (χ4n) is 1.59. The molecule has 0 aromatic heterocycles. The number of piperidine rings is 1. The van der Waals surface area contributed by atoms with Gasteiger partial charge in [-0.05, 0) is 14.0 Å². The van der Waals surface area contributed by atoms with Crippen molar-refractivity contribution in [2.75, 3.05) is 32.5 Å². The summed E-state index contributed by atoms with van der Waals surface area (Å²) in [4.78, 5) is 1.75. The smallest absolute Gasteiger partial charge is 0.267 e. The van der Waals surface area contributed by atoms with Gasteiger partial charge in [0.2, 0.25) is 0 Å². The minimum Gasteiger partial charge on any atom is -0.306 e. The van der Waals surface area contributed by atoms with Crippen molar-refractivity contribution in [3.63, 3.8) is 0 Å². The summed E-state index contributed by atoms with van der Waals surface area (Å²) >= 11 is 0. The van der Waals surface area contributed by atoms with Gasteiger partial charge in [0, 0.05) is 19.5 Å². The Labute approximate surface area is 94.7 Å². The summed E-state index contributed by atoms with van der Waals surface area (Å²) in [6, 6.07) is 0. The molecule has 1 unspecified atom stereocenters. The Kier molecular flexibility index (Phi) is 4.25. The van der Waals surface area contributed by atoms with Crippen LogP contribution in [0.5, 0.6) is 0 Å². The topological polar surface area (TPSA) is 46.6 Å². The first kappa shape index (κ1) is 13.8. The van der Waals surface area contributed by atoms with Crippen molar-refractivity contribution in [2.24, 2.45) is 5.92 Å². The largest absolute Gasteiger partial charge is 0.306 e. The van der Waals surface area contributed by atoms with E-state index in [1.165, 1.54) is 6.92 Å². The fraction of sp³-hybridized carbons (Fsp3) is 1.00. The molecule has 0 saturated carbocycles. The van der Waals surface area contributed by atoms with Crippen LogP contribution in [0.25, 0.3) is 0 Å². The van der Waals surface area contributed by atoms with Gasteiger partial charge in [0.05, 0.1) is 18.3 Å². The van der Waals surface area contributed by atoms with Crippen LogP contribution in [-0.2, 0) is 14.3 Å². The molecule has 1 aliphatic heterocycles. The van der Waals surface area contributed by atoms with Gasteiger partial charge in [-0.25, -0.2) is 8.78 Å². The van der Waals surface area contributed by atoms with Crippen LogP contribution in [-0.4, -0.2) is 51.7 Å². The van der Waals surface area contributed by atoms with E-state index in [4.69, 9.17) is 0 Å². The van der Waals surface area contributed by atoms with Gasteiger partial charge in [0.25, 0.3) is 16.0 Å². The third-order valence-electron chi connectivity index (χ3n) is 2.76. The Bertz CT molecular complexity index is 332. The highest BCUT2D eigenvalue weighted by Gasteiger charge is 2.43. The molecule has 1 rings (SSSR count). The highest BCUT2D eigenvalue weighted by Crippen LogP contribution is 2.33. The number of hydrogen-bond acceptors (Lipinski definition) is 4. The molecule has 0 radical (unpaired) electrons. The average Bonchev–Trinajstić information content (AvgIpc) is 2.20. The first-order valence-corrected chi connectivity index (χ1v) is 6.78. The highest BCUT2D eigenvalue weighted by molar-refractivity contribution is 7.86. The molecule has 4 nitrogen and oxygen atoms in total. The van der Waals surface area contributed by atoms with E-state index >= 15 is 0 Å². The van der Waals surface area contributed by atoms with E-state index in [-0.39, 0.29) is 18.7 Å². The molecule has 7 heteroatoms. The normalized spacial score (nSPS) is 26.9. The third kappa shape index (κ3) is 3.64. The van der Waals surface area contributed by atoms with Crippen LogP contribution in [0.1, 0.15) is 13.3 Å².